The maximum atomic E-state index is 13.2. The summed E-state index contributed by atoms with van der Waals surface area (Å²) in [5, 5.41) is 1.18. The van der Waals surface area contributed by atoms with Gasteiger partial charge in [-0.15, -0.1) is 0 Å². The number of rotatable bonds is 5. The largest absolute Gasteiger partial charge is 0.269 e. The van der Waals surface area contributed by atoms with Crippen molar-refractivity contribution >= 4 is 52.4 Å². The Hall–Kier alpha value is -2.53. The zero-order chi connectivity index (χ0) is 20.4. The van der Waals surface area contributed by atoms with Gasteiger partial charge in [-0.3, -0.25) is 14.5 Å². The Labute approximate surface area is 182 Å². The summed E-state index contributed by atoms with van der Waals surface area (Å²) < 4.78 is 0. The maximum absolute atomic E-state index is 13.2. The molecule has 4 rings (SSSR count). The molecule has 0 aliphatic carbocycles. The second kappa shape index (κ2) is 8.46. The van der Waals surface area contributed by atoms with E-state index >= 15 is 0 Å². The van der Waals surface area contributed by atoms with Gasteiger partial charge < -0.3 is 0 Å². The summed E-state index contributed by atoms with van der Waals surface area (Å²) in [4.78, 5) is 29.0. The van der Waals surface area contributed by atoms with Crippen molar-refractivity contribution in [3.8, 4) is 0 Å². The number of halogens is 2. The molecular formula is C23H15Cl2NO2S. The average Bonchev–Trinajstić information content (AvgIpc) is 2.95. The third-order valence-corrected chi connectivity index (χ3v) is 6.07. The van der Waals surface area contributed by atoms with Crippen LogP contribution in [0, 0.1) is 0 Å². The molecule has 0 fully saturated rings. The van der Waals surface area contributed by atoms with E-state index in [1.54, 1.807) is 36.4 Å². The molecule has 2 amide bonds. The predicted octanol–water partition coefficient (Wildman–Crippen LogP) is 6.07. The quantitative estimate of drug-likeness (QED) is 0.452. The molecule has 29 heavy (non-hydrogen) atoms. The highest BCUT2D eigenvalue weighted by Crippen LogP contribution is 2.40. The van der Waals surface area contributed by atoms with Crippen LogP contribution in [0.15, 0.2) is 88.7 Å². The summed E-state index contributed by atoms with van der Waals surface area (Å²) in [6.45, 7) is 0.185. The minimum absolute atomic E-state index is 0.185. The number of thioether (sulfide) groups is 1. The molecule has 0 N–H and O–H groups in total. The lowest BCUT2D eigenvalue weighted by Gasteiger charge is -2.15. The maximum Gasteiger partial charge on any atom is 0.268 e. The lowest BCUT2D eigenvalue weighted by atomic mass is 10.1. The number of hydrogen-bond donors (Lipinski definition) is 0. The standard InChI is InChI=1S/C23H15Cl2NO2S/c24-17-10-6-15(7-11-17)14-26-22(27)20(16-8-12-18(25)13-9-16)21(23(26)28)29-19-4-2-1-3-5-19/h1-13H,14H2. The molecule has 144 valence electrons. The molecule has 0 unspecified atom stereocenters. The highest BCUT2D eigenvalue weighted by atomic mass is 35.5. The topological polar surface area (TPSA) is 37.4 Å². The van der Waals surface area contributed by atoms with E-state index in [0.717, 1.165) is 10.5 Å². The Balaban J connectivity index is 1.72. The highest BCUT2D eigenvalue weighted by Gasteiger charge is 2.39. The first-order chi connectivity index (χ1) is 14.0. The second-order valence-corrected chi connectivity index (χ2v) is 8.41. The summed E-state index contributed by atoms with van der Waals surface area (Å²) in [6, 6.07) is 23.6. The molecule has 0 aromatic heterocycles. The minimum Gasteiger partial charge on any atom is -0.269 e. The Morgan fingerprint density at radius 2 is 1.31 bits per heavy atom. The molecule has 0 bridgehead atoms. The fourth-order valence-electron chi connectivity index (χ4n) is 3.04. The van der Waals surface area contributed by atoms with Crippen LogP contribution in [0.25, 0.3) is 5.57 Å². The van der Waals surface area contributed by atoms with Crippen LogP contribution >= 0.6 is 35.0 Å². The lowest BCUT2D eigenvalue weighted by molar-refractivity contribution is -0.137. The summed E-state index contributed by atoms with van der Waals surface area (Å²) in [6.07, 6.45) is 0. The van der Waals surface area contributed by atoms with Gasteiger partial charge in [-0.05, 0) is 47.5 Å². The van der Waals surface area contributed by atoms with E-state index in [4.69, 9.17) is 23.2 Å². The summed E-state index contributed by atoms with van der Waals surface area (Å²) in [7, 11) is 0. The molecule has 0 atom stereocenters. The minimum atomic E-state index is -0.314. The van der Waals surface area contributed by atoms with Crippen molar-refractivity contribution in [3.63, 3.8) is 0 Å². The first kappa shape index (κ1) is 19.8. The first-order valence-electron chi connectivity index (χ1n) is 8.86. The SMILES string of the molecule is O=C1C(Sc2ccccc2)=C(c2ccc(Cl)cc2)C(=O)N1Cc1ccc(Cl)cc1. The van der Waals surface area contributed by atoms with Gasteiger partial charge in [-0.25, -0.2) is 0 Å². The number of carbonyl (C=O) groups excluding carboxylic acids is 2. The van der Waals surface area contributed by atoms with Gasteiger partial charge in [0.15, 0.2) is 0 Å². The van der Waals surface area contributed by atoms with Gasteiger partial charge in [0.2, 0.25) is 0 Å². The van der Waals surface area contributed by atoms with Gasteiger partial charge in [-0.1, -0.05) is 77.4 Å². The molecular weight excluding hydrogens is 425 g/mol. The van der Waals surface area contributed by atoms with E-state index in [0.29, 0.717) is 26.1 Å². The zero-order valence-electron chi connectivity index (χ0n) is 15.1. The highest BCUT2D eigenvalue weighted by molar-refractivity contribution is 8.04. The molecule has 1 heterocycles. The molecule has 3 nitrogen and oxygen atoms in total. The molecule has 3 aromatic carbocycles. The first-order valence-corrected chi connectivity index (χ1v) is 10.4. The van der Waals surface area contributed by atoms with Crippen LogP contribution in [0.4, 0.5) is 0 Å². The van der Waals surface area contributed by atoms with Gasteiger partial charge in [0.05, 0.1) is 17.0 Å². The van der Waals surface area contributed by atoms with E-state index in [2.05, 4.69) is 0 Å². The van der Waals surface area contributed by atoms with Crippen LogP contribution in [0.1, 0.15) is 11.1 Å². The second-order valence-electron chi connectivity index (χ2n) is 6.45. The normalized spacial score (nSPS) is 14.1. The van der Waals surface area contributed by atoms with Crippen molar-refractivity contribution in [2.24, 2.45) is 0 Å². The summed E-state index contributed by atoms with van der Waals surface area (Å²) >= 11 is 13.2. The van der Waals surface area contributed by atoms with E-state index in [1.165, 1.54) is 16.7 Å². The zero-order valence-corrected chi connectivity index (χ0v) is 17.5. The number of carbonyl (C=O) groups is 2. The number of imide groups is 1. The third kappa shape index (κ3) is 4.25. The smallest absolute Gasteiger partial charge is 0.268 e. The van der Waals surface area contributed by atoms with Crippen LogP contribution in [-0.2, 0) is 16.1 Å². The van der Waals surface area contributed by atoms with Crippen LogP contribution in [0.2, 0.25) is 10.0 Å². The molecule has 0 spiro atoms. The van der Waals surface area contributed by atoms with E-state index in [1.807, 2.05) is 42.5 Å². The van der Waals surface area contributed by atoms with Crippen molar-refractivity contribution < 1.29 is 9.59 Å². The summed E-state index contributed by atoms with van der Waals surface area (Å²) in [5.74, 6) is -0.616. The average molecular weight is 440 g/mol. The van der Waals surface area contributed by atoms with Gasteiger partial charge in [-0.2, -0.15) is 0 Å². The molecule has 0 saturated carbocycles. The molecule has 1 aliphatic heterocycles. The van der Waals surface area contributed by atoms with Crippen LogP contribution in [0.5, 0.6) is 0 Å². The Kier molecular flexibility index (Phi) is 5.76. The number of hydrogen-bond acceptors (Lipinski definition) is 3. The summed E-state index contributed by atoms with van der Waals surface area (Å²) in [5.41, 5.74) is 1.90. The fraction of sp³-hybridized carbons (Fsp3) is 0.0435. The molecule has 6 heteroatoms. The Morgan fingerprint density at radius 3 is 1.93 bits per heavy atom. The number of benzene rings is 3. The van der Waals surface area contributed by atoms with Gasteiger partial charge >= 0.3 is 0 Å². The van der Waals surface area contributed by atoms with Crippen LogP contribution in [0.3, 0.4) is 0 Å². The molecule has 3 aromatic rings. The van der Waals surface area contributed by atoms with E-state index in [-0.39, 0.29) is 18.4 Å². The van der Waals surface area contributed by atoms with Crippen molar-refractivity contribution in [1.82, 2.24) is 4.90 Å². The Bertz CT molecular complexity index is 1090. The third-order valence-electron chi connectivity index (χ3n) is 4.48. The van der Waals surface area contributed by atoms with Gasteiger partial charge in [0.1, 0.15) is 0 Å². The lowest BCUT2D eigenvalue weighted by Crippen LogP contribution is -2.30. The van der Waals surface area contributed by atoms with Crippen molar-refractivity contribution in [3.05, 3.63) is 105 Å². The Morgan fingerprint density at radius 1 is 0.724 bits per heavy atom. The molecule has 0 saturated heterocycles. The molecule has 1 aliphatic rings. The monoisotopic (exact) mass is 439 g/mol. The molecule has 0 radical (unpaired) electrons. The van der Waals surface area contributed by atoms with Crippen LogP contribution in [-0.4, -0.2) is 16.7 Å². The van der Waals surface area contributed by atoms with Crippen LogP contribution < -0.4 is 0 Å². The van der Waals surface area contributed by atoms with E-state index in [9.17, 15) is 9.59 Å². The number of nitrogens with zero attached hydrogens (tertiary/aromatic N) is 1. The van der Waals surface area contributed by atoms with E-state index < -0.39 is 0 Å². The predicted molar refractivity (Wildman–Crippen MR) is 118 cm³/mol. The number of amides is 2. The fourth-order valence-corrected chi connectivity index (χ4v) is 4.33. The van der Waals surface area contributed by atoms with Gasteiger partial charge in [0.25, 0.3) is 11.8 Å². The van der Waals surface area contributed by atoms with Crippen molar-refractivity contribution in [2.45, 2.75) is 11.4 Å². The van der Waals surface area contributed by atoms with Crippen molar-refractivity contribution in [2.75, 3.05) is 0 Å². The van der Waals surface area contributed by atoms with Crippen molar-refractivity contribution in [1.29, 1.82) is 0 Å². The van der Waals surface area contributed by atoms with Gasteiger partial charge in [0, 0.05) is 14.9 Å².